The molecule has 4 heteroatoms. The fourth-order valence-corrected chi connectivity index (χ4v) is 3.15. The lowest BCUT2D eigenvalue weighted by Gasteiger charge is -2.32. The van der Waals surface area contributed by atoms with Crippen LogP contribution < -0.4 is 5.32 Å². The normalized spacial score (nSPS) is 11.7. The van der Waals surface area contributed by atoms with Crippen LogP contribution in [0.1, 0.15) is 23.7 Å². The molecule has 4 nitrogen and oxygen atoms in total. The Kier molecular flexibility index (Phi) is 4.04. The highest BCUT2D eigenvalue weighted by molar-refractivity contribution is 5.38. The molecule has 0 amide bonds. The predicted molar refractivity (Wildman–Crippen MR) is 99.2 cm³/mol. The molecule has 4 rings (SSSR count). The first-order chi connectivity index (χ1) is 12.3. The molecule has 1 N–H and O–H groups in total. The second kappa shape index (κ2) is 6.49. The number of nitrogens with one attached hydrogen (secondary N) is 1. The average Bonchev–Trinajstić information content (AvgIpc) is 3.10. The lowest BCUT2D eigenvalue weighted by Crippen LogP contribution is -2.40. The molecule has 0 bridgehead atoms. The van der Waals surface area contributed by atoms with Gasteiger partial charge in [0, 0.05) is 25.1 Å². The molecule has 0 aliphatic rings. The Labute approximate surface area is 147 Å². The Balaban J connectivity index is 1.67. The molecular weight excluding hydrogens is 308 g/mol. The third-order valence-electron chi connectivity index (χ3n) is 4.61. The van der Waals surface area contributed by atoms with E-state index in [2.05, 4.69) is 70.7 Å². The van der Waals surface area contributed by atoms with Crippen LogP contribution in [-0.2, 0) is 12.1 Å². The van der Waals surface area contributed by atoms with Gasteiger partial charge in [0.05, 0.1) is 11.2 Å². The SMILES string of the molecule is CC(NCc1cn2cccnc2n1)(c1ccccc1)c1ccccc1. The lowest BCUT2D eigenvalue weighted by molar-refractivity contribution is 0.433. The first kappa shape index (κ1) is 15.5. The van der Waals surface area contributed by atoms with E-state index in [1.54, 1.807) is 6.20 Å². The summed E-state index contributed by atoms with van der Waals surface area (Å²) in [5.41, 5.74) is 3.12. The molecule has 2 aromatic carbocycles. The van der Waals surface area contributed by atoms with Crippen molar-refractivity contribution >= 4 is 5.78 Å². The summed E-state index contributed by atoms with van der Waals surface area (Å²) in [5, 5.41) is 3.70. The summed E-state index contributed by atoms with van der Waals surface area (Å²) in [6.07, 6.45) is 5.75. The van der Waals surface area contributed by atoms with Gasteiger partial charge in [0.25, 0.3) is 0 Å². The largest absolute Gasteiger partial charge is 0.298 e. The Hall–Kier alpha value is -2.98. The van der Waals surface area contributed by atoms with Gasteiger partial charge in [-0.3, -0.25) is 9.72 Å². The molecule has 2 aromatic heterocycles. The molecule has 124 valence electrons. The minimum absolute atomic E-state index is 0.300. The summed E-state index contributed by atoms with van der Waals surface area (Å²) in [7, 11) is 0. The van der Waals surface area contributed by atoms with Gasteiger partial charge >= 0.3 is 0 Å². The van der Waals surface area contributed by atoms with Crippen LogP contribution >= 0.6 is 0 Å². The highest BCUT2D eigenvalue weighted by atomic mass is 15.1. The van der Waals surface area contributed by atoms with Gasteiger partial charge in [-0.05, 0) is 24.1 Å². The molecule has 0 fully saturated rings. The van der Waals surface area contributed by atoms with Crippen molar-refractivity contribution in [1.82, 2.24) is 19.7 Å². The molecular formula is C21H20N4. The maximum atomic E-state index is 4.59. The zero-order valence-corrected chi connectivity index (χ0v) is 14.1. The third-order valence-corrected chi connectivity index (χ3v) is 4.61. The Bertz CT molecular complexity index is 888. The highest BCUT2D eigenvalue weighted by Crippen LogP contribution is 2.29. The third kappa shape index (κ3) is 3.04. The zero-order valence-electron chi connectivity index (χ0n) is 14.1. The van der Waals surface area contributed by atoms with Crippen LogP contribution in [0.3, 0.4) is 0 Å². The molecule has 0 saturated carbocycles. The number of benzene rings is 2. The number of nitrogens with zero attached hydrogens (tertiary/aromatic N) is 3. The van der Waals surface area contributed by atoms with E-state index in [9.17, 15) is 0 Å². The maximum Gasteiger partial charge on any atom is 0.233 e. The van der Waals surface area contributed by atoms with Gasteiger partial charge in [-0.2, -0.15) is 0 Å². The van der Waals surface area contributed by atoms with Crippen LogP contribution in [0.25, 0.3) is 5.78 Å². The topological polar surface area (TPSA) is 42.2 Å². The molecule has 0 atom stereocenters. The monoisotopic (exact) mass is 328 g/mol. The Morgan fingerprint density at radius 1 is 0.920 bits per heavy atom. The predicted octanol–water partition coefficient (Wildman–Crippen LogP) is 3.78. The standard InChI is InChI=1S/C21H20N4/c1-21(17-9-4-2-5-10-17,18-11-6-3-7-12-18)23-15-19-16-25-14-8-13-22-20(25)24-19/h2-14,16,23H,15H2,1H3. The minimum atomic E-state index is -0.300. The fraction of sp³-hybridized carbons (Fsp3) is 0.143. The number of rotatable bonds is 5. The van der Waals surface area contributed by atoms with Crippen LogP contribution in [0.15, 0.2) is 85.3 Å². The molecule has 0 saturated heterocycles. The fourth-order valence-electron chi connectivity index (χ4n) is 3.15. The van der Waals surface area contributed by atoms with Crippen molar-refractivity contribution in [2.75, 3.05) is 0 Å². The Morgan fingerprint density at radius 3 is 2.16 bits per heavy atom. The summed E-state index contributed by atoms with van der Waals surface area (Å²) in [6.45, 7) is 2.87. The lowest BCUT2D eigenvalue weighted by atomic mass is 9.84. The van der Waals surface area contributed by atoms with Gasteiger partial charge in [-0.1, -0.05) is 60.7 Å². The van der Waals surface area contributed by atoms with Crippen LogP contribution in [-0.4, -0.2) is 14.4 Å². The first-order valence-electron chi connectivity index (χ1n) is 8.40. The first-order valence-corrected chi connectivity index (χ1v) is 8.40. The van der Waals surface area contributed by atoms with Crippen molar-refractivity contribution in [3.63, 3.8) is 0 Å². The smallest absolute Gasteiger partial charge is 0.233 e. The molecule has 0 unspecified atom stereocenters. The van der Waals surface area contributed by atoms with Crippen LogP contribution in [0, 0.1) is 0 Å². The molecule has 2 heterocycles. The molecule has 0 spiro atoms. The summed E-state index contributed by atoms with van der Waals surface area (Å²) >= 11 is 0. The van der Waals surface area contributed by atoms with E-state index in [-0.39, 0.29) is 5.54 Å². The number of hydrogen-bond acceptors (Lipinski definition) is 3. The summed E-state index contributed by atoms with van der Waals surface area (Å²) in [6, 6.07) is 22.9. The van der Waals surface area contributed by atoms with Gasteiger partial charge < -0.3 is 0 Å². The summed E-state index contributed by atoms with van der Waals surface area (Å²) in [5.74, 6) is 0.723. The van der Waals surface area contributed by atoms with Gasteiger partial charge in [0.1, 0.15) is 0 Å². The van der Waals surface area contributed by atoms with E-state index in [0.29, 0.717) is 6.54 Å². The summed E-state index contributed by atoms with van der Waals surface area (Å²) in [4.78, 5) is 8.88. The van der Waals surface area contributed by atoms with E-state index >= 15 is 0 Å². The van der Waals surface area contributed by atoms with Crippen molar-refractivity contribution in [2.45, 2.75) is 19.0 Å². The van der Waals surface area contributed by atoms with E-state index in [0.717, 1.165) is 11.5 Å². The van der Waals surface area contributed by atoms with Crippen molar-refractivity contribution in [2.24, 2.45) is 0 Å². The molecule has 0 radical (unpaired) electrons. The molecule has 0 aliphatic carbocycles. The highest BCUT2D eigenvalue weighted by Gasteiger charge is 2.28. The average molecular weight is 328 g/mol. The van der Waals surface area contributed by atoms with Crippen LogP contribution in [0.5, 0.6) is 0 Å². The van der Waals surface area contributed by atoms with E-state index < -0.39 is 0 Å². The van der Waals surface area contributed by atoms with Crippen LogP contribution in [0.4, 0.5) is 0 Å². The minimum Gasteiger partial charge on any atom is -0.298 e. The molecule has 0 aliphatic heterocycles. The number of aromatic nitrogens is 3. The van der Waals surface area contributed by atoms with E-state index in [4.69, 9.17) is 0 Å². The van der Waals surface area contributed by atoms with Gasteiger partial charge in [-0.15, -0.1) is 0 Å². The van der Waals surface area contributed by atoms with Gasteiger partial charge in [0.2, 0.25) is 5.78 Å². The van der Waals surface area contributed by atoms with Crippen molar-refractivity contribution in [3.05, 3.63) is 102 Å². The van der Waals surface area contributed by atoms with Crippen molar-refractivity contribution in [3.8, 4) is 0 Å². The Morgan fingerprint density at radius 2 is 1.56 bits per heavy atom. The zero-order chi connectivity index (χ0) is 17.1. The summed E-state index contributed by atoms with van der Waals surface area (Å²) < 4.78 is 1.94. The van der Waals surface area contributed by atoms with Gasteiger partial charge in [0.15, 0.2) is 0 Å². The van der Waals surface area contributed by atoms with Crippen LogP contribution in [0.2, 0.25) is 0 Å². The van der Waals surface area contributed by atoms with E-state index in [1.165, 1.54) is 11.1 Å². The molecule has 25 heavy (non-hydrogen) atoms. The van der Waals surface area contributed by atoms with E-state index in [1.807, 2.05) is 35.0 Å². The van der Waals surface area contributed by atoms with Crippen molar-refractivity contribution in [1.29, 1.82) is 0 Å². The maximum absolute atomic E-state index is 4.59. The second-order valence-electron chi connectivity index (χ2n) is 6.27. The van der Waals surface area contributed by atoms with Gasteiger partial charge in [-0.25, -0.2) is 9.97 Å². The second-order valence-corrected chi connectivity index (χ2v) is 6.27. The number of imidazole rings is 1. The quantitative estimate of drug-likeness (QED) is 0.606. The number of hydrogen-bond donors (Lipinski definition) is 1. The van der Waals surface area contributed by atoms with Crippen molar-refractivity contribution < 1.29 is 0 Å². The molecule has 4 aromatic rings. The number of fused-ring (bicyclic) bond motifs is 1.